The van der Waals surface area contributed by atoms with Gasteiger partial charge in [0.25, 0.3) is 0 Å². The average Bonchev–Trinajstić information content (AvgIpc) is 2.71. The number of alkyl halides is 3. The molecule has 0 spiro atoms. The number of methoxy groups -OCH3 is 2. The molecule has 0 unspecified atom stereocenters. The molecule has 11 heteroatoms. The normalized spacial score (nSPS) is 13.8. The summed E-state index contributed by atoms with van der Waals surface area (Å²) in [6.07, 6.45) is -3.84. The van der Waals surface area contributed by atoms with Crippen LogP contribution in [-0.4, -0.2) is 40.8 Å². The van der Waals surface area contributed by atoms with Crippen LogP contribution in [0.25, 0.3) is 0 Å². The van der Waals surface area contributed by atoms with Gasteiger partial charge in [0.2, 0.25) is 15.9 Å². The summed E-state index contributed by atoms with van der Waals surface area (Å²) in [5.74, 6) is 0.297. The Bertz CT molecular complexity index is 1070. The number of carbonyl (C=O) groups excluding carboxylic acids is 1. The standard InChI is InChI=1S/C21H25F3N2O5S/c1-13(18-12-17(30-3)9-10-19(18)31-4)25-20(27)14(2)26(32(5,28)29)16-8-6-7-15(11-16)21(22,23)24/h6-14H,1-5H3,(H,25,27)/t13-,14-/m0/s1. The summed E-state index contributed by atoms with van der Waals surface area (Å²) >= 11 is 0. The lowest BCUT2D eigenvalue weighted by Crippen LogP contribution is -2.48. The van der Waals surface area contributed by atoms with Gasteiger partial charge >= 0.3 is 6.18 Å². The molecule has 0 aliphatic heterocycles. The minimum atomic E-state index is -4.66. The Morgan fingerprint density at radius 1 is 1.06 bits per heavy atom. The molecule has 176 valence electrons. The van der Waals surface area contributed by atoms with E-state index in [0.29, 0.717) is 27.4 Å². The number of rotatable bonds is 8. The first kappa shape index (κ1) is 25.3. The summed E-state index contributed by atoms with van der Waals surface area (Å²) in [4.78, 5) is 12.9. The fraction of sp³-hybridized carbons (Fsp3) is 0.381. The molecule has 0 saturated heterocycles. The van der Waals surface area contributed by atoms with E-state index in [1.165, 1.54) is 27.2 Å². The third kappa shape index (κ3) is 5.84. The molecule has 0 saturated carbocycles. The van der Waals surface area contributed by atoms with Crippen LogP contribution in [-0.2, 0) is 21.0 Å². The first-order chi connectivity index (χ1) is 14.8. The fourth-order valence-electron chi connectivity index (χ4n) is 3.22. The van der Waals surface area contributed by atoms with Crippen molar-refractivity contribution >= 4 is 21.6 Å². The highest BCUT2D eigenvalue weighted by molar-refractivity contribution is 7.92. The zero-order valence-corrected chi connectivity index (χ0v) is 19.0. The van der Waals surface area contributed by atoms with Gasteiger partial charge in [0.1, 0.15) is 17.5 Å². The number of amides is 1. The van der Waals surface area contributed by atoms with Crippen molar-refractivity contribution in [2.24, 2.45) is 0 Å². The Labute approximate surface area is 185 Å². The SMILES string of the molecule is COc1ccc(OC)c([C@H](C)NC(=O)[C@H](C)N(c2cccc(C(F)(F)F)c2)S(C)(=O)=O)c1. The minimum Gasteiger partial charge on any atom is -0.497 e. The van der Waals surface area contributed by atoms with Gasteiger partial charge in [0.05, 0.1) is 37.8 Å². The molecule has 0 bridgehead atoms. The van der Waals surface area contributed by atoms with Crippen molar-refractivity contribution in [1.29, 1.82) is 0 Å². The summed E-state index contributed by atoms with van der Waals surface area (Å²) < 4.78 is 75.3. The predicted molar refractivity (Wildman–Crippen MR) is 114 cm³/mol. The van der Waals surface area contributed by atoms with Gasteiger partial charge in [0.15, 0.2) is 0 Å². The third-order valence-corrected chi connectivity index (χ3v) is 6.02. The Balaban J connectivity index is 2.36. The second-order valence-corrected chi connectivity index (χ2v) is 8.98. The van der Waals surface area contributed by atoms with Crippen LogP contribution >= 0.6 is 0 Å². The van der Waals surface area contributed by atoms with E-state index >= 15 is 0 Å². The molecule has 1 amide bonds. The number of halogens is 3. The Morgan fingerprint density at radius 2 is 1.72 bits per heavy atom. The molecule has 0 aliphatic carbocycles. The molecule has 0 fully saturated rings. The van der Waals surface area contributed by atoms with Crippen LogP contribution in [0.1, 0.15) is 31.0 Å². The van der Waals surface area contributed by atoms with E-state index in [4.69, 9.17) is 9.47 Å². The Hall–Kier alpha value is -2.95. The highest BCUT2D eigenvalue weighted by Gasteiger charge is 2.34. The molecule has 0 aromatic heterocycles. The first-order valence-corrected chi connectivity index (χ1v) is 11.3. The lowest BCUT2D eigenvalue weighted by atomic mass is 10.1. The molecule has 0 radical (unpaired) electrons. The number of nitrogens with zero attached hydrogens (tertiary/aromatic N) is 1. The largest absolute Gasteiger partial charge is 0.497 e. The highest BCUT2D eigenvalue weighted by atomic mass is 32.2. The summed E-state index contributed by atoms with van der Waals surface area (Å²) in [6.45, 7) is 2.96. The van der Waals surface area contributed by atoms with Crippen LogP contribution in [0.15, 0.2) is 42.5 Å². The highest BCUT2D eigenvalue weighted by Crippen LogP contribution is 2.33. The van der Waals surface area contributed by atoms with Crippen molar-refractivity contribution < 1.29 is 35.9 Å². The molecule has 0 heterocycles. The van der Waals surface area contributed by atoms with Gasteiger partial charge in [0, 0.05) is 5.56 Å². The van der Waals surface area contributed by atoms with Crippen molar-refractivity contribution in [3.05, 3.63) is 53.6 Å². The number of sulfonamides is 1. The number of anilines is 1. The molecule has 2 aromatic rings. The maximum atomic E-state index is 13.1. The van der Waals surface area contributed by atoms with E-state index in [-0.39, 0.29) is 5.69 Å². The van der Waals surface area contributed by atoms with Crippen LogP contribution in [0.5, 0.6) is 11.5 Å². The maximum Gasteiger partial charge on any atom is 0.416 e. The smallest absolute Gasteiger partial charge is 0.416 e. The number of hydrogen-bond acceptors (Lipinski definition) is 5. The zero-order chi connectivity index (χ0) is 24.3. The predicted octanol–water partition coefficient (Wildman–Crippen LogP) is 3.75. The molecule has 1 N–H and O–H groups in total. The van der Waals surface area contributed by atoms with Gasteiger partial charge in [-0.25, -0.2) is 8.42 Å². The van der Waals surface area contributed by atoms with E-state index in [1.807, 2.05) is 0 Å². The van der Waals surface area contributed by atoms with Gasteiger partial charge < -0.3 is 14.8 Å². The van der Waals surface area contributed by atoms with Crippen molar-refractivity contribution in [3.8, 4) is 11.5 Å². The maximum absolute atomic E-state index is 13.1. The van der Waals surface area contributed by atoms with Crippen molar-refractivity contribution in [2.75, 3.05) is 24.8 Å². The van der Waals surface area contributed by atoms with Gasteiger partial charge in [-0.1, -0.05) is 6.07 Å². The van der Waals surface area contributed by atoms with E-state index in [1.54, 1.807) is 25.1 Å². The number of ether oxygens (including phenoxy) is 2. The lowest BCUT2D eigenvalue weighted by molar-refractivity contribution is -0.137. The van der Waals surface area contributed by atoms with Crippen LogP contribution in [0.4, 0.5) is 18.9 Å². The molecule has 2 rings (SSSR count). The van der Waals surface area contributed by atoms with Gasteiger partial charge in [-0.3, -0.25) is 9.10 Å². The zero-order valence-electron chi connectivity index (χ0n) is 18.2. The lowest BCUT2D eigenvalue weighted by Gasteiger charge is -2.30. The number of benzene rings is 2. The van der Waals surface area contributed by atoms with E-state index in [0.717, 1.165) is 18.4 Å². The molecule has 2 aromatic carbocycles. The summed E-state index contributed by atoms with van der Waals surface area (Å²) in [7, 11) is -1.15. The van der Waals surface area contributed by atoms with Crippen molar-refractivity contribution in [2.45, 2.75) is 32.1 Å². The van der Waals surface area contributed by atoms with Crippen LogP contribution in [0.2, 0.25) is 0 Å². The van der Waals surface area contributed by atoms with Crippen molar-refractivity contribution in [3.63, 3.8) is 0 Å². The van der Waals surface area contributed by atoms with Crippen LogP contribution in [0, 0.1) is 0 Å². The van der Waals surface area contributed by atoms with E-state index < -0.39 is 39.8 Å². The Morgan fingerprint density at radius 3 is 2.25 bits per heavy atom. The Kier molecular flexibility index (Phi) is 7.66. The number of hydrogen-bond donors (Lipinski definition) is 1. The monoisotopic (exact) mass is 474 g/mol. The van der Waals surface area contributed by atoms with E-state index in [9.17, 15) is 26.4 Å². The van der Waals surface area contributed by atoms with Gasteiger partial charge in [-0.05, 0) is 50.2 Å². The topological polar surface area (TPSA) is 84.9 Å². The molecular formula is C21H25F3N2O5S. The summed E-state index contributed by atoms with van der Waals surface area (Å²) in [6, 6.07) is 6.87. The van der Waals surface area contributed by atoms with E-state index in [2.05, 4.69) is 5.32 Å². The fourth-order valence-corrected chi connectivity index (χ4v) is 4.38. The average molecular weight is 475 g/mol. The molecule has 32 heavy (non-hydrogen) atoms. The van der Waals surface area contributed by atoms with Crippen LogP contribution in [0.3, 0.4) is 0 Å². The van der Waals surface area contributed by atoms with Crippen molar-refractivity contribution in [1.82, 2.24) is 5.32 Å². The molecule has 7 nitrogen and oxygen atoms in total. The van der Waals surface area contributed by atoms with Gasteiger partial charge in [-0.15, -0.1) is 0 Å². The molecule has 2 atom stereocenters. The summed E-state index contributed by atoms with van der Waals surface area (Å²) in [5.41, 5.74) is -0.709. The second-order valence-electron chi connectivity index (χ2n) is 7.12. The minimum absolute atomic E-state index is 0.267. The number of carbonyl (C=O) groups is 1. The number of nitrogens with one attached hydrogen (secondary N) is 1. The third-order valence-electron chi connectivity index (χ3n) is 4.78. The quantitative estimate of drug-likeness (QED) is 0.630. The van der Waals surface area contributed by atoms with Gasteiger partial charge in [-0.2, -0.15) is 13.2 Å². The summed E-state index contributed by atoms with van der Waals surface area (Å²) in [5, 5.41) is 2.69. The van der Waals surface area contributed by atoms with Crippen LogP contribution < -0.4 is 19.1 Å². The molecule has 0 aliphatic rings. The first-order valence-electron chi connectivity index (χ1n) is 9.48. The second kappa shape index (κ2) is 9.68. The molecular weight excluding hydrogens is 449 g/mol.